The lowest BCUT2D eigenvalue weighted by molar-refractivity contribution is 0.0979. The summed E-state index contributed by atoms with van der Waals surface area (Å²) in [5.74, 6) is 0. The smallest absolute Gasteiger partial charge is 0.0590 e. The summed E-state index contributed by atoms with van der Waals surface area (Å²) in [7, 11) is 1.74. The Bertz CT molecular complexity index is 348. The predicted molar refractivity (Wildman–Crippen MR) is 81.3 cm³/mol. The van der Waals surface area contributed by atoms with Gasteiger partial charge in [-0.2, -0.15) is 0 Å². The average molecular weight is 264 g/mol. The lowest BCUT2D eigenvalue weighted by Gasteiger charge is -2.34. The van der Waals surface area contributed by atoms with E-state index >= 15 is 0 Å². The molecule has 0 fully saturated rings. The van der Waals surface area contributed by atoms with Gasteiger partial charge in [0.2, 0.25) is 0 Å². The molecule has 0 aromatic heterocycles. The summed E-state index contributed by atoms with van der Waals surface area (Å²) in [5, 5.41) is 0. The number of rotatable bonds is 8. The van der Waals surface area contributed by atoms with Crippen LogP contribution in [0.3, 0.4) is 0 Å². The molecule has 0 saturated carbocycles. The van der Waals surface area contributed by atoms with E-state index in [1.165, 1.54) is 11.1 Å². The molecule has 0 amide bonds. The van der Waals surface area contributed by atoms with Crippen LogP contribution >= 0.6 is 0 Å². The molecule has 0 bridgehead atoms. The number of nitrogens with zero attached hydrogens (tertiary/aromatic N) is 1. The molecule has 1 aromatic rings. The molecule has 0 aliphatic rings. The summed E-state index contributed by atoms with van der Waals surface area (Å²) in [6, 6.07) is 9.53. The Hall–Kier alpha value is -0.900. The predicted octanol–water partition coefficient (Wildman–Crippen LogP) is 2.61. The van der Waals surface area contributed by atoms with E-state index in [1.54, 1.807) is 7.11 Å². The lowest BCUT2D eigenvalue weighted by atomic mass is 10.0. The number of methoxy groups -OCH3 is 1. The van der Waals surface area contributed by atoms with Gasteiger partial charge in [0, 0.05) is 32.3 Å². The van der Waals surface area contributed by atoms with Gasteiger partial charge in [-0.15, -0.1) is 0 Å². The van der Waals surface area contributed by atoms with Crippen LogP contribution in [0.1, 0.15) is 37.9 Å². The molecule has 3 heteroatoms. The van der Waals surface area contributed by atoms with Gasteiger partial charge in [0.15, 0.2) is 0 Å². The minimum Gasteiger partial charge on any atom is -0.383 e. The molecule has 0 aliphatic carbocycles. The van der Waals surface area contributed by atoms with Crippen molar-refractivity contribution in [2.24, 2.45) is 5.73 Å². The van der Waals surface area contributed by atoms with E-state index in [2.05, 4.69) is 49.9 Å². The van der Waals surface area contributed by atoms with Crippen molar-refractivity contribution in [2.45, 2.75) is 39.3 Å². The zero-order valence-electron chi connectivity index (χ0n) is 12.7. The molecule has 1 aromatic carbocycles. The van der Waals surface area contributed by atoms with Gasteiger partial charge >= 0.3 is 0 Å². The van der Waals surface area contributed by atoms with Crippen molar-refractivity contribution in [1.82, 2.24) is 4.90 Å². The molecular formula is C16H28N2O. The van der Waals surface area contributed by atoms with Gasteiger partial charge in [-0.3, -0.25) is 4.90 Å². The van der Waals surface area contributed by atoms with Crippen LogP contribution in [0.5, 0.6) is 0 Å². The van der Waals surface area contributed by atoms with Gasteiger partial charge in [-0.1, -0.05) is 31.2 Å². The Morgan fingerprint density at radius 2 is 1.84 bits per heavy atom. The highest BCUT2D eigenvalue weighted by Gasteiger charge is 2.21. The Kier molecular flexibility index (Phi) is 7.06. The highest BCUT2D eigenvalue weighted by molar-refractivity contribution is 5.25. The first kappa shape index (κ1) is 16.2. The van der Waals surface area contributed by atoms with Gasteiger partial charge in [0.25, 0.3) is 0 Å². The molecule has 2 N–H and O–H groups in total. The first-order valence-corrected chi connectivity index (χ1v) is 7.17. The van der Waals surface area contributed by atoms with Crippen molar-refractivity contribution in [1.29, 1.82) is 0 Å². The molecule has 0 saturated heterocycles. The van der Waals surface area contributed by atoms with E-state index in [0.717, 1.165) is 19.6 Å². The minimum atomic E-state index is 0.265. The van der Waals surface area contributed by atoms with Crippen LogP contribution in [0.25, 0.3) is 0 Å². The van der Waals surface area contributed by atoms with Crippen LogP contribution < -0.4 is 5.73 Å². The molecule has 0 spiro atoms. The highest BCUT2D eigenvalue weighted by Crippen LogP contribution is 2.22. The van der Waals surface area contributed by atoms with Crippen LogP contribution in [0.4, 0.5) is 0 Å². The third kappa shape index (κ3) is 4.60. The number of ether oxygens (including phenoxy) is 1. The number of hydrogen-bond donors (Lipinski definition) is 1. The molecule has 1 rings (SSSR count). The first-order chi connectivity index (χ1) is 9.13. The number of hydrogen-bond acceptors (Lipinski definition) is 3. The average Bonchev–Trinajstić information content (AvgIpc) is 2.43. The monoisotopic (exact) mass is 264 g/mol. The zero-order valence-corrected chi connectivity index (χ0v) is 12.7. The third-order valence-corrected chi connectivity index (χ3v) is 3.61. The Labute approximate surface area is 117 Å². The van der Waals surface area contributed by atoms with Crippen molar-refractivity contribution >= 4 is 0 Å². The van der Waals surface area contributed by atoms with Crippen molar-refractivity contribution in [3.8, 4) is 0 Å². The van der Waals surface area contributed by atoms with E-state index < -0.39 is 0 Å². The number of nitrogens with two attached hydrogens (primary N) is 1. The van der Waals surface area contributed by atoms with E-state index in [1.807, 2.05) is 0 Å². The fraction of sp³-hybridized carbons (Fsp3) is 0.625. The van der Waals surface area contributed by atoms with Crippen molar-refractivity contribution in [3.63, 3.8) is 0 Å². The normalized spacial score (nSPS) is 13.2. The quantitative estimate of drug-likeness (QED) is 0.784. The zero-order chi connectivity index (χ0) is 14.3. The summed E-state index contributed by atoms with van der Waals surface area (Å²) in [6.07, 6.45) is 1.07. The maximum absolute atomic E-state index is 6.00. The molecule has 1 unspecified atom stereocenters. The molecule has 1 atom stereocenters. The second kappa shape index (κ2) is 8.31. The maximum Gasteiger partial charge on any atom is 0.0590 e. The van der Waals surface area contributed by atoms with Gasteiger partial charge in [-0.25, -0.2) is 0 Å². The SMILES string of the molecule is CCc1ccc(C(CN)N(CCOC)C(C)C)cc1. The molecule has 0 heterocycles. The van der Waals surface area contributed by atoms with Crippen LogP contribution in [0, 0.1) is 0 Å². The molecule has 108 valence electrons. The fourth-order valence-electron chi connectivity index (χ4n) is 2.41. The van der Waals surface area contributed by atoms with E-state index in [-0.39, 0.29) is 6.04 Å². The third-order valence-electron chi connectivity index (χ3n) is 3.61. The summed E-state index contributed by atoms with van der Waals surface area (Å²) in [4.78, 5) is 2.41. The maximum atomic E-state index is 6.00. The van der Waals surface area contributed by atoms with Crippen molar-refractivity contribution in [3.05, 3.63) is 35.4 Å². The Balaban J connectivity index is 2.87. The van der Waals surface area contributed by atoms with E-state index in [9.17, 15) is 0 Å². The second-order valence-corrected chi connectivity index (χ2v) is 5.17. The molecule has 19 heavy (non-hydrogen) atoms. The standard InChI is InChI=1S/C16H28N2O/c1-5-14-6-8-15(9-7-14)16(12-17)18(13(2)3)10-11-19-4/h6-9,13,16H,5,10-12,17H2,1-4H3. The summed E-state index contributed by atoms with van der Waals surface area (Å²) in [6.45, 7) is 8.87. The van der Waals surface area contributed by atoms with Gasteiger partial charge < -0.3 is 10.5 Å². The van der Waals surface area contributed by atoms with Crippen LogP contribution in [-0.4, -0.2) is 37.7 Å². The lowest BCUT2D eigenvalue weighted by Crippen LogP contribution is -2.40. The minimum absolute atomic E-state index is 0.265. The van der Waals surface area contributed by atoms with Crippen molar-refractivity contribution < 1.29 is 4.74 Å². The first-order valence-electron chi connectivity index (χ1n) is 7.17. The van der Waals surface area contributed by atoms with Crippen LogP contribution in [0.2, 0.25) is 0 Å². The molecular weight excluding hydrogens is 236 g/mol. The van der Waals surface area contributed by atoms with Crippen LogP contribution in [-0.2, 0) is 11.2 Å². The van der Waals surface area contributed by atoms with E-state index in [4.69, 9.17) is 10.5 Å². The van der Waals surface area contributed by atoms with Crippen molar-refractivity contribution in [2.75, 3.05) is 26.8 Å². The fourth-order valence-corrected chi connectivity index (χ4v) is 2.41. The Morgan fingerprint density at radius 3 is 2.26 bits per heavy atom. The highest BCUT2D eigenvalue weighted by atomic mass is 16.5. The number of benzene rings is 1. The molecule has 0 aliphatic heterocycles. The summed E-state index contributed by atoms with van der Waals surface area (Å²) >= 11 is 0. The van der Waals surface area contributed by atoms with Gasteiger partial charge in [-0.05, 0) is 31.4 Å². The van der Waals surface area contributed by atoms with Crippen LogP contribution in [0.15, 0.2) is 24.3 Å². The molecule has 0 radical (unpaired) electrons. The largest absolute Gasteiger partial charge is 0.383 e. The Morgan fingerprint density at radius 1 is 1.21 bits per heavy atom. The van der Waals surface area contributed by atoms with Gasteiger partial charge in [0.1, 0.15) is 0 Å². The number of aryl methyl sites for hydroxylation is 1. The summed E-state index contributed by atoms with van der Waals surface area (Å²) in [5.41, 5.74) is 8.67. The van der Waals surface area contributed by atoms with E-state index in [0.29, 0.717) is 12.6 Å². The second-order valence-electron chi connectivity index (χ2n) is 5.17. The molecule has 3 nitrogen and oxygen atoms in total. The topological polar surface area (TPSA) is 38.5 Å². The summed E-state index contributed by atoms with van der Waals surface area (Å²) < 4.78 is 5.21. The van der Waals surface area contributed by atoms with Gasteiger partial charge in [0.05, 0.1) is 6.61 Å².